The molecular weight excluding hydrogens is 321 g/mol. The summed E-state index contributed by atoms with van der Waals surface area (Å²) >= 11 is 9.08. The van der Waals surface area contributed by atoms with Crippen LogP contribution in [0.3, 0.4) is 0 Å². The lowest BCUT2D eigenvalue weighted by Crippen LogP contribution is -2.38. The number of carbonyl (C=O) groups is 2. The quantitative estimate of drug-likeness (QED) is 0.824. The van der Waals surface area contributed by atoms with E-state index in [4.69, 9.17) is 11.6 Å². The molecule has 0 aliphatic carbocycles. The Kier molecular flexibility index (Phi) is 4.19. The van der Waals surface area contributed by atoms with E-state index < -0.39 is 0 Å². The lowest BCUT2D eigenvalue weighted by atomic mass is 10.2. The molecule has 1 aromatic rings. The topological polar surface area (TPSA) is 71.1 Å². The molecule has 18 heavy (non-hydrogen) atoms. The number of halogens is 2. The maximum absolute atomic E-state index is 11.9. The van der Waals surface area contributed by atoms with Crippen LogP contribution in [-0.2, 0) is 4.79 Å². The Balaban J connectivity index is 1.95. The highest BCUT2D eigenvalue weighted by molar-refractivity contribution is 9.10. The first-order valence-electron chi connectivity index (χ1n) is 5.45. The molecule has 2 amide bonds. The summed E-state index contributed by atoms with van der Waals surface area (Å²) in [6, 6.07) is 1.61. The molecule has 1 aliphatic rings. The standard InChI is InChI=1S/C11H11BrClN3O2/c12-6-3-8(10(13)14-4-6)11(18)15-5-7-1-2-9(17)16-7/h3-4,7H,1-2,5H2,(H,15,18)(H,16,17). The van der Waals surface area contributed by atoms with E-state index in [1.807, 2.05) is 0 Å². The molecule has 1 saturated heterocycles. The van der Waals surface area contributed by atoms with E-state index in [0.717, 1.165) is 6.42 Å². The summed E-state index contributed by atoms with van der Waals surface area (Å²) < 4.78 is 0.686. The number of pyridine rings is 1. The van der Waals surface area contributed by atoms with Crippen molar-refractivity contribution in [3.63, 3.8) is 0 Å². The van der Waals surface area contributed by atoms with Crippen molar-refractivity contribution in [1.82, 2.24) is 15.6 Å². The van der Waals surface area contributed by atoms with Gasteiger partial charge >= 0.3 is 0 Å². The van der Waals surface area contributed by atoms with Gasteiger partial charge in [0.1, 0.15) is 5.15 Å². The normalized spacial score (nSPS) is 18.6. The van der Waals surface area contributed by atoms with Gasteiger partial charge in [-0.1, -0.05) is 11.6 Å². The molecule has 0 radical (unpaired) electrons. The second-order valence-corrected chi connectivity index (χ2v) is 5.28. The van der Waals surface area contributed by atoms with Crippen LogP contribution < -0.4 is 10.6 Å². The largest absolute Gasteiger partial charge is 0.352 e. The third-order valence-corrected chi connectivity index (χ3v) is 3.38. The Morgan fingerprint density at radius 1 is 1.67 bits per heavy atom. The molecular formula is C11H11BrClN3O2. The van der Waals surface area contributed by atoms with Crippen molar-refractivity contribution in [2.45, 2.75) is 18.9 Å². The van der Waals surface area contributed by atoms with Crippen LogP contribution in [-0.4, -0.2) is 29.4 Å². The Bertz CT molecular complexity index is 495. The summed E-state index contributed by atoms with van der Waals surface area (Å²) in [5, 5.41) is 5.66. The molecule has 1 fully saturated rings. The lowest BCUT2D eigenvalue weighted by Gasteiger charge is -2.11. The Morgan fingerprint density at radius 3 is 3.11 bits per heavy atom. The highest BCUT2D eigenvalue weighted by Crippen LogP contribution is 2.17. The molecule has 0 saturated carbocycles. The molecule has 0 aromatic carbocycles. The maximum Gasteiger partial charge on any atom is 0.254 e. The van der Waals surface area contributed by atoms with Crippen LogP contribution in [0, 0.1) is 0 Å². The number of hydrogen-bond donors (Lipinski definition) is 2. The predicted octanol–water partition coefficient (Wildman–Crippen LogP) is 1.51. The number of aromatic nitrogens is 1. The molecule has 2 N–H and O–H groups in total. The molecule has 7 heteroatoms. The van der Waals surface area contributed by atoms with Gasteiger partial charge in [0.2, 0.25) is 5.91 Å². The Hall–Kier alpha value is -1.14. The number of nitrogens with one attached hydrogen (secondary N) is 2. The highest BCUT2D eigenvalue weighted by Gasteiger charge is 2.21. The number of nitrogens with zero attached hydrogens (tertiary/aromatic N) is 1. The van der Waals surface area contributed by atoms with Gasteiger partial charge in [-0.25, -0.2) is 4.98 Å². The fourth-order valence-corrected chi connectivity index (χ4v) is 2.24. The van der Waals surface area contributed by atoms with Crippen LogP contribution in [0.5, 0.6) is 0 Å². The Morgan fingerprint density at radius 2 is 2.44 bits per heavy atom. The first kappa shape index (κ1) is 13.3. The molecule has 2 heterocycles. The van der Waals surface area contributed by atoms with Gasteiger partial charge in [0.05, 0.1) is 5.56 Å². The van der Waals surface area contributed by atoms with E-state index in [0.29, 0.717) is 23.0 Å². The van der Waals surface area contributed by atoms with Crippen molar-refractivity contribution in [3.05, 3.63) is 27.5 Å². The minimum absolute atomic E-state index is 0.000313. The van der Waals surface area contributed by atoms with Crippen molar-refractivity contribution in [2.75, 3.05) is 6.54 Å². The Labute approximate surface area is 117 Å². The second kappa shape index (κ2) is 5.67. The zero-order valence-electron chi connectivity index (χ0n) is 9.37. The van der Waals surface area contributed by atoms with Crippen molar-refractivity contribution in [2.24, 2.45) is 0 Å². The van der Waals surface area contributed by atoms with Gasteiger partial charge in [-0.05, 0) is 28.4 Å². The average molecular weight is 333 g/mol. The first-order chi connectivity index (χ1) is 8.56. The smallest absolute Gasteiger partial charge is 0.254 e. The number of amides is 2. The van der Waals surface area contributed by atoms with E-state index >= 15 is 0 Å². The molecule has 1 aromatic heterocycles. The van der Waals surface area contributed by atoms with Gasteiger partial charge in [-0.15, -0.1) is 0 Å². The van der Waals surface area contributed by atoms with Crippen LogP contribution in [0.25, 0.3) is 0 Å². The van der Waals surface area contributed by atoms with Gasteiger partial charge < -0.3 is 10.6 Å². The highest BCUT2D eigenvalue weighted by atomic mass is 79.9. The molecule has 96 valence electrons. The van der Waals surface area contributed by atoms with Crippen molar-refractivity contribution in [1.29, 1.82) is 0 Å². The van der Waals surface area contributed by atoms with E-state index in [2.05, 4.69) is 31.5 Å². The minimum Gasteiger partial charge on any atom is -0.352 e. The minimum atomic E-state index is -0.296. The predicted molar refractivity (Wildman–Crippen MR) is 70.4 cm³/mol. The summed E-state index contributed by atoms with van der Waals surface area (Å²) in [6.45, 7) is 0.396. The zero-order valence-corrected chi connectivity index (χ0v) is 11.7. The number of hydrogen-bond acceptors (Lipinski definition) is 3. The lowest BCUT2D eigenvalue weighted by molar-refractivity contribution is -0.119. The fourth-order valence-electron chi connectivity index (χ4n) is 1.72. The van der Waals surface area contributed by atoms with Crippen LogP contribution in [0.4, 0.5) is 0 Å². The fraction of sp³-hybridized carbons (Fsp3) is 0.364. The van der Waals surface area contributed by atoms with E-state index in [1.54, 1.807) is 6.07 Å². The van der Waals surface area contributed by atoms with Gasteiger partial charge in [0.25, 0.3) is 5.91 Å². The van der Waals surface area contributed by atoms with Crippen molar-refractivity contribution >= 4 is 39.3 Å². The van der Waals surface area contributed by atoms with Crippen LogP contribution >= 0.6 is 27.5 Å². The van der Waals surface area contributed by atoms with Crippen molar-refractivity contribution < 1.29 is 9.59 Å². The first-order valence-corrected chi connectivity index (χ1v) is 6.62. The molecule has 0 bridgehead atoms. The molecule has 1 unspecified atom stereocenters. The summed E-state index contributed by atoms with van der Waals surface area (Å²) in [5.41, 5.74) is 0.315. The molecule has 1 aliphatic heterocycles. The van der Waals surface area contributed by atoms with Crippen LogP contribution in [0.2, 0.25) is 5.15 Å². The maximum atomic E-state index is 11.9. The molecule has 5 nitrogen and oxygen atoms in total. The van der Waals surface area contributed by atoms with E-state index in [9.17, 15) is 9.59 Å². The molecule has 2 rings (SSSR count). The number of carbonyl (C=O) groups excluding carboxylic acids is 2. The van der Waals surface area contributed by atoms with Gasteiger partial charge in [-0.3, -0.25) is 9.59 Å². The molecule has 1 atom stereocenters. The summed E-state index contributed by atoms with van der Waals surface area (Å²) in [5.74, 6) is -0.272. The van der Waals surface area contributed by atoms with Gasteiger partial charge in [0.15, 0.2) is 0 Å². The third-order valence-electron chi connectivity index (χ3n) is 2.64. The van der Waals surface area contributed by atoms with E-state index in [1.165, 1.54) is 6.20 Å². The summed E-state index contributed by atoms with van der Waals surface area (Å²) in [7, 11) is 0. The van der Waals surface area contributed by atoms with Crippen molar-refractivity contribution in [3.8, 4) is 0 Å². The van der Waals surface area contributed by atoms with E-state index in [-0.39, 0.29) is 23.0 Å². The summed E-state index contributed by atoms with van der Waals surface area (Å²) in [4.78, 5) is 26.8. The van der Waals surface area contributed by atoms with Gasteiger partial charge in [-0.2, -0.15) is 0 Å². The van der Waals surface area contributed by atoms with Crippen LogP contribution in [0.1, 0.15) is 23.2 Å². The average Bonchev–Trinajstić information content (AvgIpc) is 2.75. The second-order valence-electron chi connectivity index (χ2n) is 4.01. The number of rotatable bonds is 3. The SMILES string of the molecule is O=C1CCC(CNC(=O)c2cc(Br)cnc2Cl)N1. The summed E-state index contributed by atoms with van der Waals surface area (Å²) in [6.07, 6.45) is 2.78. The molecule has 0 spiro atoms. The van der Waals surface area contributed by atoms with Crippen LogP contribution in [0.15, 0.2) is 16.7 Å². The monoisotopic (exact) mass is 331 g/mol. The third kappa shape index (κ3) is 3.20. The van der Waals surface area contributed by atoms with Gasteiger partial charge in [0, 0.05) is 29.7 Å². The zero-order chi connectivity index (χ0) is 13.1.